The highest BCUT2D eigenvalue weighted by Gasteiger charge is 2.40. The molecule has 116 valence electrons. The summed E-state index contributed by atoms with van der Waals surface area (Å²) < 4.78 is 6.41. The Morgan fingerprint density at radius 2 is 2.10 bits per heavy atom. The molecule has 2 atom stereocenters. The van der Waals surface area contributed by atoms with Crippen molar-refractivity contribution in [2.75, 3.05) is 6.54 Å². The van der Waals surface area contributed by atoms with Gasteiger partial charge in [-0.15, -0.1) is 0 Å². The Kier molecular flexibility index (Phi) is 4.88. The third kappa shape index (κ3) is 3.80. The summed E-state index contributed by atoms with van der Waals surface area (Å²) in [5.74, 6) is 0. The Morgan fingerprint density at radius 3 is 2.86 bits per heavy atom. The lowest BCUT2D eigenvalue weighted by Gasteiger charge is -2.33. The second-order valence-corrected chi connectivity index (χ2v) is 7.14. The summed E-state index contributed by atoms with van der Waals surface area (Å²) >= 11 is 6.06. The molecule has 1 unspecified atom stereocenters. The average molecular weight is 308 g/mol. The Hall–Kier alpha value is -0.570. The van der Waals surface area contributed by atoms with Crippen LogP contribution in [-0.4, -0.2) is 18.2 Å². The first-order valence-electron chi connectivity index (χ1n) is 8.34. The van der Waals surface area contributed by atoms with Gasteiger partial charge in [0, 0.05) is 17.6 Å². The summed E-state index contributed by atoms with van der Waals surface area (Å²) in [6, 6.07) is 8.41. The Bertz CT molecular complexity index is 470. The van der Waals surface area contributed by atoms with Crippen LogP contribution >= 0.6 is 11.6 Å². The van der Waals surface area contributed by atoms with Gasteiger partial charge in [-0.25, -0.2) is 0 Å². The minimum atomic E-state index is 0.226. The first-order valence-corrected chi connectivity index (χ1v) is 8.71. The lowest BCUT2D eigenvalue weighted by atomic mass is 9.83. The van der Waals surface area contributed by atoms with E-state index in [1.165, 1.54) is 50.5 Å². The predicted molar refractivity (Wildman–Crippen MR) is 87.8 cm³/mol. The van der Waals surface area contributed by atoms with Crippen molar-refractivity contribution in [3.05, 3.63) is 34.9 Å². The molecule has 1 N–H and O–H groups in total. The SMILES string of the molecule is C[C@H](NCC1CCC2(CCCCC2)O1)c1cccc(Cl)c1. The van der Waals surface area contributed by atoms with Gasteiger partial charge in [0.05, 0.1) is 11.7 Å². The summed E-state index contributed by atoms with van der Waals surface area (Å²) in [5.41, 5.74) is 1.47. The topological polar surface area (TPSA) is 21.3 Å². The molecule has 0 aromatic heterocycles. The van der Waals surface area contributed by atoms with Crippen LogP contribution < -0.4 is 5.32 Å². The van der Waals surface area contributed by atoms with E-state index in [1.54, 1.807) is 0 Å². The van der Waals surface area contributed by atoms with E-state index in [0.717, 1.165) is 11.6 Å². The maximum Gasteiger partial charge on any atom is 0.0708 e. The van der Waals surface area contributed by atoms with E-state index in [1.807, 2.05) is 18.2 Å². The number of benzene rings is 1. The molecule has 1 aliphatic carbocycles. The molecule has 1 aliphatic heterocycles. The minimum Gasteiger partial charge on any atom is -0.370 e. The minimum absolute atomic E-state index is 0.226. The van der Waals surface area contributed by atoms with Crippen LogP contribution in [0.15, 0.2) is 24.3 Å². The highest BCUT2D eigenvalue weighted by Crippen LogP contribution is 2.41. The monoisotopic (exact) mass is 307 g/mol. The molecule has 2 nitrogen and oxygen atoms in total. The van der Waals surface area contributed by atoms with Crippen molar-refractivity contribution in [2.45, 2.75) is 69.6 Å². The zero-order chi connectivity index (χ0) is 14.7. The van der Waals surface area contributed by atoms with E-state index in [2.05, 4.69) is 18.3 Å². The maximum absolute atomic E-state index is 6.41. The van der Waals surface area contributed by atoms with Gasteiger partial charge in [-0.05, 0) is 50.3 Å². The largest absolute Gasteiger partial charge is 0.370 e. The molecule has 3 rings (SSSR count). The first-order chi connectivity index (χ1) is 10.2. The van der Waals surface area contributed by atoms with E-state index < -0.39 is 0 Å². The van der Waals surface area contributed by atoms with Gasteiger partial charge >= 0.3 is 0 Å². The molecule has 2 aliphatic rings. The Labute approximate surface area is 133 Å². The molecule has 0 amide bonds. The van der Waals surface area contributed by atoms with Crippen molar-refractivity contribution in [1.82, 2.24) is 5.32 Å². The van der Waals surface area contributed by atoms with E-state index >= 15 is 0 Å². The second-order valence-electron chi connectivity index (χ2n) is 6.71. The Morgan fingerprint density at radius 1 is 1.29 bits per heavy atom. The van der Waals surface area contributed by atoms with Crippen LogP contribution in [0.2, 0.25) is 5.02 Å². The summed E-state index contributed by atoms with van der Waals surface area (Å²) in [5, 5.41) is 4.41. The lowest BCUT2D eigenvalue weighted by Crippen LogP contribution is -2.35. The number of halogens is 1. The van der Waals surface area contributed by atoms with Crippen LogP contribution in [0.1, 0.15) is 63.5 Å². The Balaban J connectivity index is 1.49. The third-order valence-corrected chi connectivity index (χ3v) is 5.34. The predicted octanol–water partition coefficient (Wildman–Crippen LogP) is 4.87. The van der Waals surface area contributed by atoms with Crippen molar-refractivity contribution in [1.29, 1.82) is 0 Å². The number of nitrogens with one attached hydrogen (secondary N) is 1. The number of rotatable bonds is 4. The van der Waals surface area contributed by atoms with Crippen LogP contribution in [0.3, 0.4) is 0 Å². The van der Waals surface area contributed by atoms with Gasteiger partial charge in [-0.3, -0.25) is 0 Å². The zero-order valence-electron chi connectivity index (χ0n) is 12.9. The van der Waals surface area contributed by atoms with Gasteiger partial charge in [-0.1, -0.05) is 43.0 Å². The molecule has 1 aromatic rings. The molecular weight excluding hydrogens is 282 g/mol. The van der Waals surface area contributed by atoms with Crippen LogP contribution in [0.4, 0.5) is 0 Å². The molecule has 1 saturated carbocycles. The van der Waals surface area contributed by atoms with Crippen molar-refractivity contribution in [3.8, 4) is 0 Å². The van der Waals surface area contributed by atoms with Crippen LogP contribution in [0.25, 0.3) is 0 Å². The van der Waals surface area contributed by atoms with Gasteiger partial charge < -0.3 is 10.1 Å². The molecule has 1 aromatic carbocycles. The molecule has 3 heteroatoms. The average Bonchev–Trinajstić information content (AvgIpc) is 2.88. The van der Waals surface area contributed by atoms with E-state index in [-0.39, 0.29) is 5.60 Å². The smallest absolute Gasteiger partial charge is 0.0708 e. The van der Waals surface area contributed by atoms with Crippen LogP contribution in [0.5, 0.6) is 0 Å². The van der Waals surface area contributed by atoms with Gasteiger partial charge in [-0.2, -0.15) is 0 Å². The molecule has 0 bridgehead atoms. The first kappa shape index (κ1) is 15.3. The summed E-state index contributed by atoms with van der Waals surface area (Å²) in [6.07, 6.45) is 9.46. The fourth-order valence-corrected chi connectivity index (χ4v) is 4.00. The number of ether oxygens (including phenoxy) is 1. The highest BCUT2D eigenvalue weighted by molar-refractivity contribution is 6.30. The fourth-order valence-electron chi connectivity index (χ4n) is 3.81. The summed E-state index contributed by atoms with van der Waals surface area (Å²) in [4.78, 5) is 0. The van der Waals surface area contributed by atoms with Crippen molar-refractivity contribution in [2.24, 2.45) is 0 Å². The number of hydrogen-bond acceptors (Lipinski definition) is 2. The van der Waals surface area contributed by atoms with Crippen LogP contribution in [-0.2, 0) is 4.74 Å². The molecule has 1 heterocycles. The summed E-state index contributed by atoms with van der Waals surface area (Å²) in [7, 11) is 0. The fraction of sp³-hybridized carbons (Fsp3) is 0.667. The normalized spacial score (nSPS) is 26.1. The van der Waals surface area contributed by atoms with E-state index in [9.17, 15) is 0 Å². The number of hydrogen-bond donors (Lipinski definition) is 1. The molecule has 1 spiro atoms. The summed E-state index contributed by atoms with van der Waals surface area (Å²) in [6.45, 7) is 3.13. The van der Waals surface area contributed by atoms with Gasteiger partial charge in [0.1, 0.15) is 0 Å². The molecule has 0 radical (unpaired) electrons. The van der Waals surface area contributed by atoms with Crippen molar-refractivity contribution < 1.29 is 4.74 Å². The van der Waals surface area contributed by atoms with Gasteiger partial charge in [0.2, 0.25) is 0 Å². The second kappa shape index (κ2) is 6.68. The zero-order valence-corrected chi connectivity index (χ0v) is 13.7. The van der Waals surface area contributed by atoms with E-state index in [4.69, 9.17) is 16.3 Å². The quantitative estimate of drug-likeness (QED) is 0.856. The molecular formula is C18H26ClNO. The molecule has 2 fully saturated rings. The standard InChI is InChI=1S/C18H26ClNO/c1-14(15-6-5-7-16(19)12-15)20-13-17-8-11-18(21-17)9-3-2-4-10-18/h5-7,12,14,17,20H,2-4,8-11,13H2,1H3/t14-,17?/m0/s1. The third-order valence-electron chi connectivity index (χ3n) is 5.10. The van der Waals surface area contributed by atoms with Crippen molar-refractivity contribution in [3.63, 3.8) is 0 Å². The van der Waals surface area contributed by atoms with Crippen molar-refractivity contribution >= 4 is 11.6 Å². The molecule has 21 heavy (non-hydrogen) atoms. The highest BCUT2D eigenvalue weighted by atomic mass is 35.5. The maximum atomic E-state index is 6.41. The van der Waals surface area contributed by atoms with Gasteiger partial charge in [0.25, 0.3) is 0 Å². The molecule has 1 saturated heterocycles. The van der Waals surface area contributed by atoms with E-state index in [0.29, 0.717) is 12.1 Å². The van der Waals surface area contributed by atoms with Gasteiger partial charge in [0.15, 0.2) is 0 Å². The van der Waals surface area contributed by atoms with Crippen LogP contribution in [0, 0.1) is 0 Å². The lowest BCUT2D eigenvalue weighted by molar-refractivity contribution is -0.0628.